The number of nitrogens with two attached hydrogens (primary N) is 1. The van der Waals surface area contributed by atoms with E-state index in [-0.39, 0.29) is 5.69 Å². The van der Waals surface area contributed by atoms with Crippen LogP contribution in [-0.2, 0) is 13.0 Å². The first kappa shape index (κ1) is 9.21. The van der Waals surface area contributed by atoms with Crippen LogP contribution in [-0.4, -0.2) is 27.2 Å². The molecule has 0 fully saturated rings. The van der Waals surface area contributed by atoms with Gasteiger partial charge in [-0.1, -0.05) is 0 Å². The number of nitrogens with zero attached hydrogens (tertiary/aromatic N) is 2. The molecule has 1 unspecified atom stereocenters. The number of hydrogen-bond acceptors (Lipinski definition) is 3. The molecule has 3 N–H and O–H groups in total. The molecule has 2 rings (SSSR count). The van der Waals surface area contributed by atoms with Crippen LogP contribution < -0.4 is 5.73 Å². The van der Waals surface area contributed by atoms with E-state index in [0.717, 1.165) is 25.2 Å². The zero-order valence-corrected chi connectivity index (χ0v) is 7.81. The highest BCUT2D eigenvalue weighted by atomic mass is 16.4. The van der Waals surface area contributed by atoms with Gasteiger partial charge < -0.3 is 15.4 Å². The smallest absolute Gasteiger partial charge is 0.354 e. The van der Waals surface area contributed by atoms with Gasteiger partial charge in [0.05, 0.1) is 6.20 Å². The fourth-order valence-electron chi connectivity index (χ4n) is 1.87. The number of hydrogen-bond donors (Lipinski definition) is 2. The van der Waals surface area contributed by atoms with E-state index in [9.17, 15) is 4.79 Å². The lowest BCUT2D eigenvalue weighted by atomic mass is 9.98. The van der Waals surface area contributed by atoms with Gasteiger partial charge >= 0.3 is 5.97 Å². The second kappa shape index (κ2) is 3.42. The lowest BCUT2D eigenvalue weighted by Crippen LogP contribution is -2.27. The minimum Gasteiger partial charge on any atom is -0.477 e. The molecule has 0 amide bonds. The maximum atomic E-state index is 10.8. The van der Waals surface area contributed by atoms with Gasteiger partial charge in [0.1, 0.15) is 11.5 Å². The van der Waals surface area contributed by atoms with Crippen molar-refractivity contribution in [2.24, 2.45) is 11.7 Å². The third-order valence-corrected chi connectivity index (χ3v) is 2.72. The maximum Gasteiger partial charge on any atom is 0.354 e. The van der Waals surface area contributed by atoms with Crippen molar-refractivity contribution in [2.75, 3.05) is 6.54 Å². The Labute approximate surface area is 81.5 Å². The van der Waals surface area contributed by atoms with Gasteiger partial charge in [-0.25, -0.2) is 9.78 Å². The molecule has 76 valence electrons. The Morgan fingerprint density at radius 1 is 1.79 bits per heavy atom. The van der Waals surface area contributed by atoms with Crippen LogP contribution in [0.2, 0.25) is 0 Å². The highest BCUT2D eigenvalue weighted by molar-refractivity contribution is 5.85. The number of carboxylic acids is 1. The van der Waals surface area contributed by atoms with Gasteiger partial charge in [0, 0.05) is 13.0 Å². The van der Waals surface area contributed by atoms with E-state index < -0.39 is 5.97 Å². The molecular formula is C9H13N3O2. The minimum absolute atomic E-state index is 0.287. The van der Waals surface area contributed by atoms with Crippen LogP contribution in [0.15, 0.2) is 6.20 Å². The lowest BCUT2D eigenvalue weighted by molar-refractivity contribution is 0.0683. The number of rotatable bonds is 2. The summed E-state index contributed by atoms with van der Waals surface area (Å²) in [6, 6.07) is 0. The first-order valence-electron chi connectivity index (χ1n) is 4.70. The summed E-state index contributed by atoms with van der Waals surface area (Å²) in [6.45, 7) is 1.37. The molecule has 1 aromatic heterocycles. The van der Waals surface area contributed by atoms with E-state index in [4.69, 9.17) is 10.8 Å². The number of carbonyl (C=O) groups is 1. The summed E-state index contributed by atoms with van der Waals surface area (Å²) in [6.07, 6.45) is 3.17. The zero-order chi connectivity index (χ0) is 10.1. The van der Waals surface area contributed by atoms with E-state index >= 15 is 0 Å². The molecular weight excluding hydrogens is 182 g/mol. The molecule has 2 heterocycles. The first-order valence-corrected chi connectivity index (χ1v) is 4.70. The Bertz CT molecular complexity index is 359. The zero-order valence-electron chi connectivity index (χ0n) is 7.81. The summed E-state index contributed by atoms with van der Waals surface area (Å²) >= 11 is 0. The van der Waals surface area contributed by atoms with Gasteiger partial charge in [-0.2, -0.15) is 0 Å². The largest absolute Gasteiger partial charge is 0.477 e. The molecule has 0 aromatic carbocycles. The SMILES string of the molecule is NCC1CCn2c(C(=O)O)cnc2C1. The van der Waals surface area contributed by atoms with E-state index in [1.807, 2.05) is 0 Å². The van der Waals surface area contributed by atoms with Crippen molar-refractivity contribution >= 4 is 5.97 Å². The Balaban J connectivity index is 2.29. The predicted octanol–water partition coefficient (Wildman–Crippen LogP) is 0.102. The first-order chi connectivity index (χ1) is 6.72. The molecule has 0 saturated heterocycles. The summed E-state index contributed by atoms with van der Waals surface area (Å²) in [4.78, 5) is 14.9. The Kier molecular flexibility index (Phi) is 2.25. The van der Waals surface area contributed by atoms with E-state index in [0.29, 0.717) is 12.5 Å². The molecule has 0 spiro atoms. The average molecular weight is 195 g/mol. The van der Waals surface area contributed by atoms with Crippen molar-refractivity contribution in [1.82, 2.24) is 9.55 Å². The fourth-order valence-corrected chi connectivity index (χ4v) is 1.87. The van der Waals surface area contributed by atoms with Crippen LogP contribution in [0, 0.1) is 5.92 Å². The third-order valence-electron chi connectivity index (χ3n) is 2.72. The molecule has 1 aliphatic heterocycles. The number of aromatic carboxylic acids is 1. The molecule has 0 saturated carbocycles. The average Bonchev–Trinajstić information content (AvgIpc) is 2.59. The summed E-state index contributed by atoms with van der Waals surface area (Å²) in [5, 5.41) is 8.87. The molecule has 0 radical (unpaired) electrons. The van der Waals surface area contributed by atoms with Crippen LogP contribution in [0.4, 0.5) is 0 Å². The van der Waals surface area contributed by atoms with Crippen molar-refractivity contribution in [2.45, 2.75) is 19.4 Å². The lowest BCUT2D eigenvalue weighted by Gasteiger charge is -2.22. The van der Waals surface area contributed by atoms with Crippen molar-refractivity contribution in [3.63, 3.8) is 0 Å². The number of fused-ring (bicyclic) bond motifs is 1. The van der Waals surface area contributed by atoms with Gasteiger partial charge in [-0.15, -0.1) is 0 Å². The third kappa shape index (κ3) is 1.39. The van der Waals surface area contributed by atoms with Gasteiger partial charge in [0.15, 0.2) is 0 Å². The van der Waals surface area contributed by atoms with Gasteiger partial charge in [0.2, 0.25) is 0 Å². The minimum atomic E-state index is -0.907. The highest BCUT2D eigenvalue weighted by Crippen LogP contribution is 2.20. The normalized spacial score (nSPS) is 20.5. The molecule has 1 aliphatic rings. The number of carboxylic acid groups (broad SMARTS) is 1. The van der Waals surface area contributed by atoms with Crippen LogP contribution in [0.1, 0.15) is 22.7 Å². The Morgan fingerprint density at radius 2 is 2.57 bits per heavy atom. The van der Waals surface area contributed by atoms with Crippen molar-refractivity contribution in [1.29, 1.82) is 0 Å². The fraction of sp³-hybridized carbons (Fsp3) is 0.556. The van der Waals surface area contributed by atoms with Crippen molar-refractivity contribution in [3.8, 4) is 0 Å². The summed E-state index contributed by atoms with van der Waals surface area (Å²) < 4.78 is 1.77. The Morgan fingerprint density at radius 3 is 3.21 bits per heavy atom. The predicted molar refractivity (Wildman–Crippen MR) is 50.1 cm³/mol. The van der Waals surface area contributed by atoms with Gasteiger partial charge in [0.25, 0.3) is 0 Å². The maximum absolute atomic E-state index is 10.8. The molecule has 5 heteroatoms. The molecule has 0 aliphatic carbocycles. The van der Waals surface area contributed by atoms with Crippen LogP contribution >= 0.6 is 0 Å². The number of imidazole rings is 1. The van der Waals surface area contributed by atoms with E-state index in [1.165, 1.54) is 6.20 Å². The number of aromatic nitrogens is 2. The topological polar surface area (TPSA) is 81.1 Å². The van der Waals surface area contributed by atoms with Crippen LogP contribution in [0.25, 0.3) is 0 Å². The monoisotopic (exact) mass is 195 g/mol. The summed E-state index contributed by atoms with van der Waals surface area (Å²) in [5.41, 5.74) is 5.86. The second-order valence-electron chi connectivity index (χ2n) is 3.61. The van der Waals surface area contributed by atoms with E-state index in [1.54, 1.807) is 4.57 Å². The van der Waals surface area contributed by atoms with E-state index in [2.05, 4.69) is 4.98 Å². The van der Waals surface area contributed by atoms with Crippen molar-refractivity contribution in [3.05, 3.63) is 17.7 Å². The quantitative estimate of drug-likeness (QED) is 0.701. The van der Waals surface area contributed by atoms with Gasteiger partial charge in [-0.05, 0) is 18.9 Å². The van der Waals surface area contributed by atoms with Crippen molar-refractivity contribution < 1.29 is 9.90 Å². The van der Waals surface area contributed by atoms with Gasteiger partial charge in [-0.3, -0.25) is 0 Å². The molecule has 0 bridgehead atoms. The standard InChI is InChI=1S/C9H13N3O2/c10-4-6-1-2-12-7(9(13)14)5-11-8(12)3-6/h5-6H,1-4,10H2,(H,13,14). The molecule has 14 heavy (non-hydrogen) atoms. The second-order valence-corrected chi connectivity index (χ2v) is 3.61. The Hall–Kier alpha value is -1.36. The highest BCUT2D eigenvalue weighted by Gasteiger charge is 2.22. The summed E-state index contributed by atoms with van der Waals surface area (Å²) in [5.74, 6) is 0.394. The molecule has 1 atom stereocenters. The summed E-state index contributed by atoms with van der Waals surface area (Å²) in [7, 11) is 0. The molecule has 5 nitrogen and oxygen atoms in total. The van der Waals surface area contributed by atoms with Crippen LogP contribution in [0.3, 0.4) is 0 Å². The van der Waals surface area contributed by atoms with Crippen LogP contribution in [0.5, 0.6) is 0 Å². The molecule has 1 aromatic rings.